The van der Waals surface area contributed by atoms with Crippen molar-refractivity contribution >= 4 is 15.9 Å². The Kier molecular flexibility index (Phi) is 5.55. The standard InChI is InChI=1S/C11H23N3O3S/c1-8(2)6-13-11(15)9(3)14-18(16,17)10-4-5-12-7-10/h8-10,12,14H,4-7H2,1-3H3,(H,13,15). The Bertz CT molecular complexity index is 375. The zero-order chi connectivity index (χ0) is 13.8. The highest BCUT2D eigenvalue weighted by Crippen LogP contribution is 2.09. The summed E-state index contributed by atoms with van der Waals surface area (Å²) < 4.78 is 26.4. The Morgan fingerprint density at radius 2 is 2.06 bits per heavy atom. The summed E-state index contributed by atoms with van der Waals surface area (Å²) in [5.74, 6) is 0.0648. The molecule has 0 aromatic carbocycles. The fraction of sp³-hybridized carbons (Fsp3) is 0.909. The maximum Gasteiger partial charge on any atom is 0.237 e. The van der Waals surface area contributed by atoms with Gasteiger partial charge in [-0.1, -0.05) is 13.8 Å². The third-order valence-electron chi connectivity index (χ3n) is 2.87. The smallest absolute Gasteiger partial charge is 0.237 e. The minimum Gasteiger partial charge on any atom is -0.354 e. The zero-order valence-electron chi connectivity index (χ0n) is 11.2. The van der Waals surface area contributed by atoms with Gasteiger partial charge in [-0.25, -0.2) is 13.1 Å². The third-order valence-corrected chi connectivity index (χ3v) is 4.83. The SMILES string of the molecule is CC(C)CNC(=O)C(C)NS(=O)(=O)C1CCNC1. The topological polar surface area (TPSA) is 87.3 Å². The number of hydrogen-bond donors (Lipinski definition) is 3. The molecule has 3 N–H and O–H groups in total. The summed E-state index contributed by atoms with van der Waals surface area (Å²) in [6, 6.07) is -0.727. The molecule has 18 heavy (non-hydrogen) atoms. The van der Waals surface area contributed by atoms with Crippen molar-refractivity contribution in [3.05, 3.63) is 0 Å². The molecule has 1 aliphatic rings. The van der Waals surface area contributed by atoms with Crippen LogP contribution >= 0.6 is 0 Å². The van der Waals surface area contributed by atoms with Crippen molar-refractivity contribution in [1.82, 2.24) is 15.4 Å². The third kappa shape index (κ3) is 4.55. The highest BCUT2D eigenvalue weighted by atomic mass is 32.2. The van der Waals surface area contributed by atoms with Gasteiger partial charge in [0.05, 0.1) is 11.3 Å². The van der Waals surface area contributed by atoms with E-state index in [1.54, 1.807) is 6.92 Å². The minimum atomic E-state index is -3.42. The van der Waals surface area contributed by atoms with Crippen molar-refractivity contribution in [3.63, 3.8) is 0 Å². The Labute approximate surface area is 109 Å². The molecule has 6 nitrogen and oxygen atoms in total. The predicted octanol–water partition coefficient (Wildman–Crippen LogP) is -0.572. The number of nitrogens with one attached hydrogen (secondary N) is 3. The molecule has 106 valence electrons. The summed E-state index contributed by atoms with van der Waals surface area (Å²) in [6.45, 7) is 7.25. The summed E-state index contributed by atoms with van der Waals surface area (Å²) in [7, 11) is -3.42. The van der Waals surface area contributed by atoms with E-state index in [4.69, 9.17) is 0 Å². The van der Waals surface area contributed by atoms with Crippen molar-refractivity contribution in [2.45, 2.75) is 38.5 Å². The van der Waals surface area contributed by atoms with Gasteiger partial charge in [0, 0.05) is 13.1 Å². The Morgan fingerprint density at radius 1 is 1.39 bits per heavy atom. The summed E-state index contributed by atoms with van der Waals surface area (Å²) in [4.78, 5) is 11.7. The Balaban J connectivity index is 2.47. The van der Waals surface area contributed by atoms with Gasteiger partial charge in [0.1, 0.15) is 0 Å². The first-order valence-electron chi connectivity index (χ1n) is 6.32. The van der Waals surface area contributed by atoms with Crippen LogP contribution < -0.4 is 15.4 Å². The molecular weight excluding hydrogens is 254 g/mol. The lowest BCUT2D eigenvalue weighted by Gasteiger charge is -2.17. The molecule has 1 fully saturated rings. The van der Waals surface area contributed by atoms with E-state index < -0.39 is 21.3 Å². The van der Waals surface area contributed by atoms with Gasteiger partial charge < -0.3 is 10.6 Å². The number of rotatable bonds is 6. The molecule has 1 heterocycles. The molecule has 1 amide bonds. The van der Waals surface area contributed by atoms with E-state index in [0.717, 1.165) is 0 Å². The highest BCUT2D eigenvalue weighted by molar-refractivity contribution is 7.90. The van der Waals surface area contributed by atoms with E-state index in [1.165, 1.54) is 0 Å². The first-order valence-corrected chi connectivity index (χ1v) is 7.87. The molecule has 0 radical (unpaired) electrons. The van der Waals surface area contributed by atoms with E-state index in [9.17, 15) is 13.2 Å². The van der Waals surface area contributed by atoms with Crippen LogP contribution in [-0.2, 0) is 14.8 Å². The van der Waals surface area contributed by atoms with E-state index >= 15 is 0 Å². The van der Waals surface area contributed by atoms with E-state index in [2.05, 4.69) is 15.4 Å². The van der Waals surface area contributed by atoms with Gasteiger partial charge in [-0.15, -0.1) is 0 Å². The first kappa shape index (κ1) is 15.4. The lowest BCUT2D eigenvalue weighted by molar-refractivity contribution is -0.122. The largest absolute Gasteiger partial charge is 0.354 e. The number of carbonyl (C=O) groups excluding carboxylic acids is 1. The average molecular weight is 277 g/mol. The number of amides is 1. The molecule has 0 spiro atoms. The van der Waals surface area contributed by atoms with E-state index in [1.807, 2.05) is 13.8 Å². The van der Waals surface area contributed by atoms with E-state index in [-0.39, 0.29) is 5.91 Å². The van der Waals surface area contributed by atoms with Crippen LogP contribution in [0, 0.1) is 5.92 Å². The Hall–Kier alpha value is -0.660. The molecule has 2 unspecified atom stereocenters. The second kappa shape index (κ2) is 6.49. The maximum absolute atomic E-state index is 12.0. The fourth-order valence-corrected chi connectivity index (χ4v) is 3.30. The molecule has 0 saturated carbocycles. The van der Waals surface area contributed by atoms with Crippen LogP contribution in [0.2, 0.25) is 0 Å². The van der Waals surface area contributed by atoms with Gasteiger partial charge in [-0.3, -0.25) is 4.79 Å². The number of sulfonamides is 1. The molecule has 0 aromatic rings. The molecule has 0 aromatic heterocycles. The van der Waals surface area contributed by atoms with Crippen LogP contribution in [0.1, 0.15) is 27.2 Å². The summed E-state index contributed by atoms with van der Waals surface area (Å²) in [6.07, 6.45) is 0.593. The van der Waals surface area contributed by atoms with Gasteiger partial charge >= 0.3 is 0 Å². The minimum absolute atomic E-state index is 0.279. The van der Waals surface area contributed by atoms with Crippen molar-refractivity contribution < 1.29 is 13.2 Å². The van der Waals surface area contributed by atoms with Crippen LogP contribution in [-0.4, -0.2) is 45.3 Å². The van der Waals surface area contributed by atoms with Gasteiger partial charge in [0.2, 0.25) is 15.9 Å². The first-order chi connectivity index (χ1) is 8.33. The molecule has 7 heteroatoms. The zero-order valence-corrected chi connectivity index (χ0v) is 12.0. The molecular formula is C11H23N3O3S. The second-order valence-corrected chi connectivity index (χ2v) is 7.13. The normalized spacial score (nSPS) is 22.1. The van der Waals surface area contributed by atoms with Gasteiger partial charge in [0.25, 0.3) is 0 Å². The predicted molar refractivity (Wildman–Crippen MR) is 70.6 cm³/mol. The molecule has 2 atom stereocenters. The summed E-state index contributed by atoms with van der Waals surface area (Å²) in [5.41, 5.74) is 0. The van der Waals surface area contributed by atoms with Crippen molar-refractivity contribution in [1.29, 1.82) is 0 Å². The van der Waals surface area contributed by atoms with Crippen LogP contribution in [0.4, 0.5) is 0 Å². The van der Waals surface area contributed by atoms with Gasteiger partial charge in [0.15, 0.2) is 0 Å². The molecule has 0 bridgehead atoms. The molecule has 1 aliphatic heterocycles. The van der Waals surface area contributed by atoms with Crippen LogP contribution in [0.3, 0.4) is 0 Å². The number of hydrogen-bond acceptors (Lipinski definition) is 4. The maximum atomic E-state index is 12.0. The average Bonchev–Trinajstić information content (AvgIpc) is 2.79. The van der Waals surface area contributed by atoms with Crippen molar-refractivity contribution in [2.24, 2.45) is 5.92 Å². The molecule has 1 saturated heterocycles. The van der Waals surface area contributed by atoms with Gasteiger partial charge in [-0.2, -0.15) is 0 Å². The van der Waals surface area contributed by atoms with Crippen LogP contribution in [0.15, 0.2) is 0 Å². The quantitative estimate of drug-likeness (QED) is 0.607. The highest BCUT2D eigenvalue weighted by Gasteiger charge is 2.31. The lowest BCUT2D eigenvalue weighted by Crippen LogP contribution is -2.48. The monoisotopic (exact) mass is 277 g/mol. The second-order valence-electron chi connectivity index (χ2n) is 5.14. The molecule has 1 rings (SSSR count). The van der Waals surface area contributed by atoms with E-state index in [0.29, 0.717) is 32.0 Å². The Morgan fingerprint density at radius 3 is 2.56 bits per heavy atom. The van der Waals surface area contributed by atoms with Crippen LogP contribution in [0.25, 0.3) is 0 Å². The van der Waals surface area contributed by atoms with Gasteiger partial charge in [-0.05, 0) is 25.8 Å². The van der Waals surface area contributed by atoms with Crippen molar-refractivity contribution in [2.75, 3.05) is 19.6 Å². The molecule has 0 aliphatic carbocycles. The van der Waals surface area contributed by atoms with Crippen LogP contribution in [0.5, 0.6) is 0 Å². The summed E-state index contributed by atoms with van der Waals surface area (Å²) >= 11 is 0. The number of carbonyl (C=O) groups is 1. The summed E-state index contributed by atoms with van der Waals surface area (Å²) in [5, 5.41) is 5.28. The van der Waals surface area contributed by atoms with Crippen molar-refractivity contribution in [3.8, 4) is 0 Å². The fourth-order valence-electron chi connectivity index (χ4n) is 1.75. The lowest BCUT2D eigenvalue weighted by atomic mass is 10.2.